The topological polar surface area (TPSA) is 180 Å². The summed E-state index contributed by atoms with van der Waals surface area (Å²) in [6.07, 6.45) is 15.5. The first kappa shape index (κ1) is 49.2. The van der Waals surface area contributed by atoms with Crippen molar-refractivity contribution < 1.29 is 28.8 Å². The van der Waals surface area contributed by atoms with Gasteiger partial charge in [-0.1, -0.05) is 88.0 Å². The quantitative estimate of drug-likeness (QED) is 0.182. The summed E-state index contributed by atoms with van der Waals surface area (Å²) in [5, 5.41) is 10.2. The number of likely N-dealkylation sites (tertiary alicyclic amines) is 1. The highest BCUT2D eigenvalue weighted by Gasteiger charge is 2.34. The molecule has 4 rings (SSSR count). The van der Waals surface area contributed by atoms with Crippen LogP contribution in [0.2, 0.25) is 0 Å². The first-order valence-corrected chi connectivity index (χ1v) is 19.1. The number of carbonyl (C=O) groups is 6. The third kappa shape index (κ3) is 23.2. The smallest absolute Gasteiger partial charge is 0.289 e. The molecule has 2 unspecified atom stereocenters. The first-order chi connectivity index (χ1) is 24.4. The Morgan fingerprint density at radius 3 is 1.96 bits per heavy atom. The molecule has 0 spiro atoms. The average molecular weight is 720 g/mol. The molecule has 1 aromatic heterocycles. The second kappa shape index (κ2) is 30.9. The highest BCUT2D eigenvalue weighted by atomic mass is 16.2. The SMILES string of the molecule is CC.CC.CC(C)C.CC(NC(=O)c1cnccn1)C1CCCCC1.CCC.O=CNCC(=O)N1CCCC1C(=O)NCC(=O)C(=O)NC1CC1. The standard InChI is InChI=1S/C14H20N4O5.C13H19N3O.C4H10.C3H8.2C2H6/c19-8-15-7-12(21)18-5-1-2-10(18)13(22)16-6-11(20)14(23)17-9-3-4-9;1-10(11-5-3-2-4-6-11)16-13(17)12-9-14-7-8-15-12;1-4(2)3;1-3-2;2*1-2/h8-10H,1-7H2,(H,15,19)(H,16,22)(H,17,23);7-11H,2-6H2,1H3,(H,16,17);4H,1-3H3;3H2,1-2H3;2*1-2H3. The van der Waals surface area contributed by atoms with Crippen LogP contribution in [0.4, 0.5) is 0 Å². The van der Waals surface area contributed by atoms with Gasteiger partial charge < -0.3 is 26.2 Å². The van der Waals surface area contributed by atoms with Gasteiger partial charge in [-0.2, -0.15) is 0 Å². The zero-order valence-corrected chi connectivity index (χ0v) is 33.2. The van der Waals surface area contributed by atoms with Crippen LogP contribution < -0.4 is 21.3 Å². The van der Waals surface area contributed by atoms with Crippen molar-refractivity contribution in [1.82, 2.24) is 36.1 Å². The van der Waals surface area contributed by atoms with Gasteiger partial charge in [0.05, 0.1) is 19.3 Å². The summed E-state index contributed by atoms with van der Waals surface area (Å²) >= 11 is 0. The van der Waals surface area contributed by atoms with Gasteiger partial charge in [0.2, 0.25) is 24.0 Å². The second-order valence-electron chi connectivity index (χ2n) is 12.8. The van der Waals surface area contributed by atoms with Crippen molar-refractivity contribution in [1.29, 1.82) is 0 Å². The molecule has 1 saturated heterocycles. The van der Waals surface area contributed by atoms with E-state index in [-0.39, 0.29) is 37.0 Å². The monoisotopic (exact) mass is 720 g/mol. The van der Waals surface area contributed by atoms with Crippen LogP contribution in [-0.4, -0.2) is 88.4 Å². The minimum absolute atomic E-state index is 0.0791. The Balaban J connectivity index is 0. The number of rotatable bonds is 11. The van der Waals surface area contributed by atoms with Crippen LogP contribution in [0, 0.1) is 11.8 Å². The number of amides is 5. The second-order valence-corrected chi connectivity index (χ2v) is 12.8. The van der Waals surface area contributed by atoms with Crippen molar-refractivity contribution >= 4 is 35.8 Å². The Morgan fingerprint density at radius 1 is 0.863 bits per heavy atom. The summed E-state index contributed by atoms with van der Waals surface area (Å²) in [6, 6.07) is -0.365. The molecule has 0 bridgehead atoms. The molecule has 13 heteroatoms. The summed E-state index contributed by atoms with van der Waals surface area (Å²) in [7, 11) is 0. The fourth-order valence-corrected chi connectivity index (χ4v) is 4.88. The van der Waals surface area contributed by atoms with Crippen LogP contribution in [0.5, 0.6) is 0 Å². The fraction of sp³-hybridized carbons (Fsp3) is 0.737. The molecule has 5 amide bonds. The summed E-state index contributed by atoms with van der Waals surface area (Å²) in [4.78, 5) is 78.5. The highest BCUT2D eigenvalue weighted by molar-refractivity contribution is 6.37. The van der Waals surface area contributed by atoms with Gasteiger partial charge in [-0.15, -0.1) is 0 Å². The predicted molar refractivity (Wildman–Crippen MR) is 203 cm³/mol. The lowest BCUT2D eigenvalue weighted by molar-refractivity contribution is -0.140. The number of nitrogens with zero attached hydrogens (tertiary/aromatic N) is 3. The summed E-state index contributed by atoms with van der Waals surface area (Å²) in [6.45, 7) is 20.7. The number of ketones is 1. The molecule has 2 atom stereocenters. The van der Waals surface area contributed by atoms with E-state index in [0.29, 0.717) is 37.4 Å². The molecule has 51 heavy (non-hydrogen) atoms. The van der Waals surface area contributed by atoms with Gasteiger partial charge in [0.25, 0.3) is 11.8 Å². The molecule has 13 nitrogen and oxygen atoms in total. The number of carbonyl (C=O) groups excluding carboxylic acids is 6. The molecule has 292 valence electrons. The van der Waals surface area contributed by atoms with Crippen molar-refractivity contribution in [2.45, 2.75) is 152 Å². The van der Waals surface area contributed by atoms with E-state index >= 15 is 0 Å². The summed E-state index contributed by atoms with van der Waals surface area (Å²) < 4.78 is 0. The van der Waals surface area contributed by atoms with Gasteiger partial charge in [0.1, 0.15) is 11.7 Å². The molecule has 0 aromatic carbocycles. The van der Waals surface area contributed by atoms with E-state index in [0.717, 1.165) is 18.8 Å². The van der Waals surface area contributed by atoms with Gasteiger partial charge >= 0.3 is 0 Å². The Labute approximate surface area is 307 Å². The van der Waals surface area contributed by atoms with Crippen molar-refractivity contribution in [2.24, 2.45) is 11.8 Å². The molecule has 2 saturated carbocycles. The van der Waals surface area contributed by atoms with Crippen molar-refractivity contribution in [2.75, 3.05) is 19.6 Å². The van der Waals surface area contributed by atoms with E-state index in [1.54, 1.807) is 12.4 Å². The zero-order chi connectivity index (χ0) is 39.2. The lowest BCUT2D eigenvalue weighted by atomic mass is 9.84. The maximum absolute atomic E-state index is 12.1. The van der Waals surface area contributed by atoms with E-state index in [1.807, 2.05) is 27.7 Å². The minimum Gasteiger partial charge on any atom is -0.350 e. The van der Waals surface area contributed by atoms with Crippen LogP contribution in [-0.2, 0) is 24.0 Å². The van der Waals surface area contributed by atoms with Gasteiger partial charge in [0, 0.05) is 31.0 Å². The third-order valence-corrected chi connectivity index (χ3v) is 7.31. The van der Waals surface area contributed by atoms with Gasteiger partial charge in [-0.25, -0.2) is 4.98 Å². The van der Waals surface area contributed by atoms with Gasteiger partial charge in [0.15, 0.2) is 0 Å². The van der Waals surface area contributed by atoms with Crippen LogP contribution in [0.1, 0.15) is 144 Å². The predicted octanol–water partition coefficient (Wildman–Crippen LogP) is 4.99. The Kier molecular flexibility index (Phi) is 29.8. The molecular formula is C38H69N7O6. The Morgan fingerprint density at radius 2 is 1.45 bits per heavy atom. The van der Waals surface area contributed by atoms with Crippen molar-refractivity contribution in [3.05, 3.63) is 24.3 Å². The number of hydrogen-bond donors (Lipinski definition) is 4. The maximum Gasteiger partial charge on any atom is 0.289 e. The van der Waals surface area contributed by atoms with Crippen LogP contribution in [0.15, 0.2) is 18.6 Å². The maximum atomic E-state index is 12.1. The van der Waals surface area contributed by atoms with E-state index in [4.69, 9.17) is 0 Å². The zero-order valence-electron chi connectivity index (χ0n) is 33.2. The normalized spacial score (nSPS) is 16.5. The van der Waals surface area contributed by atoms with Crippen LogP contribution >= 0.6 is 0 Å². The van der Waals surface area contributed by atoms with Crippen molar-refractivity contribution in [3.8, 4) is 0 Å². The van der Waals surface area contributed by atoms with Crippen LogP contribution in [0.3, 0.4) is 0 Å². The molecule has 4 N–H and O–H groups in total. The van der Waals surface area contributed by atoms with Gasteiger partial charge in [-0.3, -0.25) is 33.8 Å². The van der Waals surface area contributed by atoms with Crippen LogP contribution in [0.25, 0.3) is 0 Å². The first-order valence-electron chi connectivity index (χ1n) is 19.1. The lowest BCUT2D eigenvalue weighted by Crippen LogP contribution is -2.50. The van der Waals surface area contributed by atoms with Crippen molar-refractivity contribution in [3.63, 3.8) is 0 Å². The van der Waals surface area contributed by atoms with E-state index in [1.165, 1.54) is 49.6 Å². The molecule has 1 aromatic rings. The lowest BCUT2D eigenvalue weighted by Gasteiger charge is -2.28. The molecular weight excluding hydrogens is 650 g/mol. The van der Waals surface area contributed by atoms with Gasteiger partial charge in [-0.05, 0) is 57.3 Å². The Hall–Kier alpha value is -3.90. The van der Waals surface area contributed by atoms with E-state index < -0.39 is 23.6 Å². The molecule has 0 radical (unpaired) electrons. The number of nitrogens with one attached hydrogen (secondary N) is 4. The molecule has 3 aliphatic rings. The highest BCUT2D eigenvalue weighted by Crippen LogP contribution is 2.26. The van der Waals surface area contributed by atoms with E-state index in [9.17, 15) is 28.8 Å². The number of Topliss-reactive ketones (excluding diaryl/α,β-unsaturated/α-hetero) is 1. The average Bonchev–Trinajstić information content (AvgIpc) is 3.82. The molecule has 2 aliphatic carbocycles. The fourth-order valence-electron chi connectivity index (χ4n) is 4.88. The third-order valence-electron chi connectivity index (χ3n) is 7.31. The number of aromatic nitrogens is 2. The Bertz CT molecular complexity index is 1110. The molecule has 2 heterocycles. The summed E-state index contributed by atoms with van der Waals surface area (Å²) in [5.41, 5.74) is 0.398. The minimum atomic E-state index is -0.705. The summed E-state index contributed by atoms with van der Waals surface area (Å²) in [5.74, 6) is -0.881. The molecule has 3 fully saturated rings. The van der Waals surface area contributed by atoms with E-state index in [2.05, 4.69) is 72.8 Å². The largest absolute Gasteiger partial charge is 0.350 e. The number of hydrogen-bond acceptors (Lipinski definition) is 8. The molecule has 1 aliphatic heterocycles.